The number of nitro groups is 1. The summed E-state index contributed by atoms with van der Waals surface area (Å²) in [6.07, 6.45) is 0. The van der Waals surface area contributed by atoms with Gasteiger partial charge >= 0.3 is 0 Å². The van der Waals surface area contributed by atoms with Crippen molar-refractivity contribution in [3.05, 3.63) is 64.2 Å². The highest BCUT2D eigenvalue weighted by molar-refractivity contribution is 6.02. The Morgan fingerprint density at radius 3 is 2.74 bits per heavy atom. The summed E-state index contributed by atoms with van der Waals surface area (Å²) in [7, 11) is 0. The second-order valence-corrected chi connectivity index (χ2v) is 6.29. The molecule has 0 unspecified atom stereocenters. The van der Waals surface area contributed by atoms with Crippen molar-refractivity contribution in [1.29, 1.82) is 0 Å². The zero-order chi connectivity index (χ0) is 19.4. The number of non-ortho nitro benzene ring substituents is 1. The summed E-state index contributed by atoms with van der Waals surface area (Å²) in [4.78, 5) is 36.2. The van der Waals surface area contributed by atoms with Crippen molar-refractivity contribution in [3.8, 4) is 5.75 Å². The predicted molar refractivity (Wildman–Crippen MR) is 98.8 cm³/mol. The highest BCUT2D eigenvalue weighted by Gasteiger charge is 2.29. The summed E-state index contributed by atoms with van der Waals surface area (Å²) in [6.45, 7) is 1.98. The number of fused-ring (bicyclic) bond motifs is 1. The molecular weight excluding hydrogens is 350 g/mol. The quantitative estimate of drug-likeness (QED) is 0.621. The van der Waals surface area contributed by atoms with Gasteiger partial charge in [-0.1, -0.05) is 37.3 Å². The van der Waals surface area contributed by atoms with Gasteiger partial charge in [-0.15, -0.1) is 0 Å². The molecule has 140 valence electrons. The van der Waals surface area contributed by atoms with Crippen molar-refractivity contribution in [1.82, 2.24) is 5.32 Å². The molecule has 1 aliphatic rings. The Kier molecular flexibility index (Phi) is 5.35. The van der Waals surface area contributed by atoms with Crippen molar-refractivity contribution >= 4 is 23.2 Å². The van der Waals surface area contributed by atoms with Gasteiger partial charge in [0.15, 0.2) is 6.61 Å². The first-order valence-electron chi connectivity index (χ1n) is 8.49. The number of nitrogens with one attached hydrogen (secondary N) is 1. The maximum atomic E-state index is 12.3. The Morgan fingerprint density at radius 1 is 1.30 bits per heavy atom. The zero-order valence-electron chi connectivity index (χ0n) is 14.8. The third-order valence-corrected chi connectivity index (χ3v) is 4.37. The van der Waals surface area contributed by atoms with Crippen LogP contribution in [-0.2, 0) is 9.59 Å². The Balaban J connectivity index is 1.68. The van der Waals surface area contributed by atoms with E-state index in [1.54, 1.807) is 0 Å². The molecule has 1 heterocycles. The minimum atomic E-state index is -0.556. The molecule has 1 aliphatic heterocycles. The molecule has 0 radical (unpaired) electrons. The highest BCUT2D eigenvalue weighted by Crippen LogP contribution is 2.35. The fourth-order valence-corrected chi connectivity index (χ4v) is 2.84. The standard InChI is InChI=1S/C19H19N3O5/c1-13(14-5-3-2-4-6-14)10-20-18(23)11-21-16-9-15(22(25)26)7-8-17(16)27-12-19(21)24/h2-9,13H,10-12H2,1H3,(H,20,23)/t13-/m1/s1. The number of carbonyl (C=O) groups is 2. The van der Waals surface area contributed by atoms with Gasteiger partial charge in [0.1, 0.15) is 12.3 Å². The number of carbonyl (C=O) groups excluding carboxylic acids is 2. The fraction of sp³-hybridized carbons (Fsp3) is 0.263. The van der Waals surface area contributed by atoms with E-state index in [1.807, 2.05) is 37.3 Å². The van der Waals surface area contributed by atoms with Crippen LogP contribution in [0.15, 0.2) is 48.5 Å². The lowest BCUT2D eigenvalue weighted by Crippen LogP contribution is -2.45. The first kappa shape index (κ1) is 18.4. The van der Waals surface area contributed by atoms with Gasteiger partial charge in [0, 0.05) is 18.7 Å². The number of hydrogen-bond acceptors (Lipinski definition) is 5. The van der Waals surface area contributed by atoms with E-state index in [0.717, 1.165) is 5.56 Å². The van der Waals surface area contributed by atoms with E-state index >= 15 is 0 Å². The van der Waals surface area contributed by atoms with Gasteiger partial charge in [-0.3, -0.25) is 24.6 Å². The van der Waals surface area contributed by atoms with Crippen LogP contribution < -0.4 is 15.0 Å². The highest BCUT2D eigenvalue weighted by atomic mass is 16.6. The molecule has 0 aliphatic carbocycles. The molecule has 0 spiro atoms. The largest absolute Gasteiger partial charge is 0.482 e. The van der Waals surface area contributed by atoms with Crippen LogP contribution in [-0.4, -0.2) is 36.4 Å². The van der Waals surface area contributed by atoms with Gasteiger partial charge in [0.2, 0.25) is 5.91 Å². The van der Waals surface area contributed by atoms with E-state index in [1.165, 1.54) is 23.1 Å². The third-order valence-electron chi connectivity index (χ3n) is 4.37. The number of nitrogens with zero attached hydrogens (tertiary/aromatic N) is 2. The molecule has 3 rings (SSSR count). The minimum Gasteiger partial charge on any atom is -0.482 e. The van der Waals surface area contributed by atoms with Crippen molar-refractivity contribution < 1.29 is 19.2 Å². The van der Waals surface area contributed by atoms with E-state index in [2.05, 4.69) is 5.32 Å². The minimum absolute atomic E-state index is 0.115. The van der Waals surface area contributed by atoms with Crippen LogP contribution in [0.2, 0.25) is 0 Å². The van der Waals surface area contributed by atoms with Gasteiger partial charge in [-0.05, 0) is 17.5 Å². The molecule has 0 saturated heterocycles. The lowest BCUT2D eigenvalue weighted by Gasteiger charge is -2.28. The zero-order valence-corrected chi connectivity index (χ0v) is 14.8. The van der Waals surface area contributed by atoms with Crippen molar-refractivity contribution in [2.75, 3.05) is 24.6 Å². The third kappa shape index (κ3) is 4.22. The molecule has 0 saturated carbocycles. The lowest BCUT2D eigenvalue weighted by molar-refractivity contribution is -0.384. The summed E-state index contributed by atoms with van der Waals surface area (Å²) in [5.74, 6) is -0.311. The molecule has 2 aromatic rings. The topological polar surface area (TPSA) is 102 Å². The smallest absolute Gasteiger partial charge is 0.271 e. The molecule has 1 N–H and O–H groups in total. The molecule has 0 fully saturated rings. The summed E-state index contributed by atoms with van der Waals surface area (Å²) in [6, 6.07) is 13.7. The molecule has 1 atom stereocenters. The fourth-order valence-electron chi connectivity index (χ4n) is 2.84. The summed E-state index contributed by atoms with van der Waals surface area (Å²) >= 11 is 0. The number of ether oxygens (including phenoxy) is 1. The summed E-state index contributed by atoms with van der Waals surface area (Å²) in [5, 5.41) is 13.8. The van der Waals surface area contributed by atoms with Crippen LogP contribution in [0.3, 0.4) is 0 Å². The average molecular weight is 369 g/mol. The second-order valence-electron chi connectivity index (χ2n) is 6.29. The average Bonchev–Trinajstić information content (AvgIpc) is 2.68. The first-order valence-corrected chi connectivity index (χ1v) is 8.49. The molecule has 8 heteroatoms. The van der Waals surface area contributed by atoms with Gasteiger partial charge in [0.25, 0.3) is 11.6 Å². The number of anilines is 1. The van der Waals surface area contributed by atoms with Crippen LogP contribution >= 0.6 is 0 Å². The lowest BCUT2D eigenvalue weighted by atomic mass is 10.0. The maximum absolute atomic E-state index is 12.3. The number of amides is 2. The SMILES string of the molecule is C[C@H](CNC(=O)CN1C(=O)COc2ccc([N+](=O)[O-])cc21)c1ccccc1. The molecule has 2 aromatic carbocycles. The summed E-state index contributed by atoms with van der Waals surface area (Å²) < 4.78 is 5.29. The Morgan fingerprint density at radius 2 is 2.04 bits per heavy atom. The Bertz CT molecular complexity index is 869. The number of hydrogen-bond donors (Lipinski definition) is 1. The summed E-state index contributed by atoms with van der Waals surface area (Å²) in [5.41, 5.74) is 1.16. The van der Waals surface area contributed by atoms with Crippen LogP contribution in [0.25, 0.3) is 0 Å². The molecule has 2 amide bonds. The second kappa shape index (κ2) is 7.86. The van der Waals surface area contributed by atoms with Gasteiger partial charge in [0.05, 0.1) is 10.6 Å². The predicted octanol–water partition coefficient (Wildman–Crippen LogP) is 2.24. The van der Waals surface area contributed by atoms with E-state index < -0.39 is 10.8 Å². The number of nitro benzene ring substituents is 1. The number of benzene rings is 2. The van der Waals surface area contributed by atoms with Crippen molar-refractivity contribution in [2.45, 2.75) is 12.8 Å². The van der Waals surface area contributed by atoms with E-state index in [0.29, 0.717) is 12.3 Å². The molecule has 0 bridgehead atoms. The molecule has 27 heavy (non-hydrogen) atoms. The molecule has 8 nitrogen and oxygen atoms in total. The normalized spacial score (nSPS) is 14.1. The number of rotatable bonds is 6. The van der Waals surface area contributed by atoms with Crippen molar-refractivity contribution in [3.63, 3.8) is 0 Å². The van der Waals surface area contributed by atoms with Crippen LogP contribution in [0.4, 0.5) is 11.4 Å². The van der Waals surface area contributed by atoms with E-state index in [4.69, 9.17) is 4.74 Å². The maximum Gasteiger partial charge on any atom is 0.271 e. The van der Waals surface area contributed by atoms with Crippen LogP contribution in [0.1, 0.15) is 18.4 Å². The van der Waals surface area contributed by atoms with Crippen molar-refractivity contribution in [2.24, 2.45) is 0 Å². The first-order chi connectivity index (χ1) is 13.0. The van der Waals surface area contributed by atoms with E-state index in [-0.39, 0.29) is 36.4 Å². The van der Waals surface area contributed by atoms with Gasteiger partial charge in [-0.25, -0.2) is 0 Å². The Labute approximate surface area is 155 Å². The van der Waals surface area contributed by atoms with Gasteiger partial charge < -0.3 is 10.1 Å². The molecular formula is C19H19N3O5. The van der Waals surface area contributed by atoms with Gasteiger partial charge in [-0.2, -0.15) is 0 Å². The van der Waals surface area contributed by atoms with E-state index in [9.17, 15) is 19.7 Å². The monoisotopic (exact) mass is 369 g/mol. The van der Waals surface area contributed by atoms with Crippen LogP contribution in [0.5, 0.6) is 5.75 Å². The molecule has 0 aromatic heterocycles. The van der Waals surface area contributed by atoms with Crippen LogP contribution in [0, 0.1) is 10.1 Å². The Hall–Kier alpha value is -3.42.